The molecule has 25 heavy (non-hydrogen) atoms. The van der Waals surface area contributed by atoms with Crippen LogP contribution in [0.15, 0.2) is 36.4 Å². The molecule has 130 valence electrons. The van der Waals surface area contributed by atoms with Crippen molar-refractivity contribution in [2.45, 2.75) is 19.5 Å². The number of hydrogen-bond donors (Lipinski definition) is 2. The summed E-state index contributed by atoms with van der Waals surface area (Å²) >= 11 is 1.68. The van der Waals surface area contributed by atoms with Crippen LogP contribution in [0.3, 0.4) is 0 Å². The highest BCUT2D eigenvalue weighted by atomic mass is 32.1. The molecule has 1 atom stereocenters. The Balaban J connectivity index is 1.66. The number of aromatic hydroxyl groups is 1. The maximum atomic E-state index is 12.7. The third kappa shape index (κ3) is 3.15. The number of benzene rings is 1. The van der Waals surface area contributed by atoms with Gasteiger partial charge < -0.3 is 14.7 Å². The average Bonchev–Trinajstić information content (AvgIpc) is 3.22. The maximum absolute atomic E-state index is 12.7. The fourth-order valence-corrected chi connectivity index (χ4v) is 4.11. The normalized spacial score (nSPS) is 19.4. The number of ether oxygens (including phenoxy) is 1. The molecule has 0 saturated heterocycles. The molecule has 4 rings (SSSR count). The number of fused-ring (bicyclic) bond motifs is 1. The van der Waals surface area contributed by atoms with Gasteiger partial charge in [0.1, 0.15) is 12.6 Å². The van der Waals surface area contributed by atoms with Crippen LogP contribution in [0.25, 0.3) is 10.4 Å². The number of rotatable bonds is 2. The van der Waals surface area contributed by atoms with Crippen LogP contribution in [0.4, 0.5) is 0 Å². The zero-order valence-corrected chi connectivity index (χ0v) is 14.8. The SMILES string of the molecule is Cc1ccc(-c2cc(O)c3c(c2)CN(C(=O)[C@H]2C=CCN2)CCO3)s1. The lowest BCUT2D eigenvalue weighted by Crippen LogP contribution is -2.44. The van der Waals surface area contributed by atoms with Crippen LogP contribution in [0.2, 0.25) is 0 Å². The minimum absolute atomic E-state index is 0.0436. The van der Waals surface area contributed by atoms with Gasteiger partial charge in [0, 0.05) is 28.4 Å². The number of amides is 1. The van der Waals surface area contributed by atoms with E-state index >= 15 is 0 Å². The van der Waals surface area contributed by atoms with Gasteiger partial charge in [-0.3, -0.25) is 10.1 Å². The van der Waals surface area contributed by atoms with Crippen molar-refractivity contribution in [2.75, 3.05) is 19.7 Å². The summed E-state index contributed by atoms with van der Waals surface area (Å²) in [5.41, 5.74) is 1.79. The quantitative estimate of drug-likeness (QED) is 0.812. The van der Waals surface area contributed by atoms with Gasteiger partial charge in [0.25, 0.3) is 0 Å². The number of nitrogens with zero attached hydrogens (tertiary/aromatic N) is 1. The molecule has 5 nitrogen and oxygen atoms in total. The van der Waals surface area contributed by atoms with Gasteiger partial charge in [0.2, 0.25) is 5.91 Å². The van der Waals surface area contributed by atoms with E-state index in [0.717, 1.165) is 22.5 Å². The summed E-state index contributed by atoms with van der Waals surface area (Å²) in [4.78, 5) is 16.8. The van der Waals surface area contributed by atoms with Crippen LogP contribution >= 0.6 is 11.3 Å². The highest BCUT2D eigenvalue weighted by Gasteiger charge is 2.27. The molecule has 0 bridgehead atoms. The van der Waals surface area contributed by atoms with Crippen molar-refractivity contribution in [3.63, 3.8) is 0 Å². The van der Waals surface area contributed by atoms with Crippen molar-refractivity contribution in [1.82, 2.24) is 10.2 Å². The average molecular weight is 356 g/mol. The van der Waals surface area contributed by atoms with E-state index < -0.39 is 0 Å². The third-order valence-electron chi connectivity index (χ3n) is 4.50. The molecular formula is C19H20N2O3S. The highest BCUT2D eigenvalue weighted by molar-refractivity contribution is 7.15. The third-order valence-corrected chi connectivity index (χ3v) is 5.55. The Morgan fingerprint density at radius 2 is 2.28 bits per heavy atom. The van der Waals surface area contributed by atoms with Gasteiger partial charge in [-0.1, -0.05) is 12.2 Å². The van der Waals surface area contributed by atoms with Gasteiger partial charge in [0.05, 0.1) is 6.54 Å². The Kier molecular flexibility index (Phi) is 4.23. The highest BCUT2D eigenvalue weighted by Crippen LogP contribution is 2.39. The predicted molar refractivity (Wildman–Crippen MR) is 98.0 cm³/mol. The first kappa shape index (κ1) is 16.2. The molecule has 2 N–H and O–H groups in total. The molecule has 1 aromatic heterocycles. The Labute approximate surface area is 150 Å². The number of nitrogens with one attached hydrogen (secondary N) is 1. The first-order chi connectivity index (χ1) is 12.1. The first-order valence-corrected chi connectivity index (χ1v) is 9.18. The number of carbonyl (C=O) groups is 1. The lowest BCUT2D eigenvalue weighted by Gasteiger charge is -2.23. The molecule has 2 aliphatic rings. The fraction of sp³-hybridized carbons (Fsp3) is 0.316. The van der Waals surface area contributed by atoms with E-state index in [4.69, 9.17) is 4.74 Å². The van der Waals surface area contributed by atoms with Crippen LogP contribution in [0.1, 0.15) is 10.4 Å². The summed E-state index contributed by atoms with van der Waals surface area (Å²) in [5.74, 6) is 0.663. The summed E-state index contributed by atoms with van der Waals surface area (Å²) in [6.07, 6.45) is 3.87. The van der Waals surface area contributed by atoms with Crippen molar-refractivity contribution in [3.05, 3.63) is 46.9 Å². The van der Waals surface area contributed by atoms with Crippen molar-refractivity contribution >= 4 is 17.2 Å². The van der Waals surface area contributed by atoms with Gasteiger partial charge in [0.15, 0.2) is 11.5 Å². The lowest BCUT2D eigenvalue weighted by molar-refractivity contribution is -0.132. The summed E-state index contributed by atoms with van der Waals surface area (Å²) in [6, 6.07) is 7.60. The van der Waals surface area contributed by atoms with Gasteiger partial charge >= 0.3 is 0 Å². The van der Waals surface area contributed by atoms with Crippen molar-refractivity contribution in [3.8, 4) is 21.9 Å². The lowest BCUT2D eigenvalue weighted by atomic mass is 10.1. The van der Waals surface area contributed by atoms with E-state index in [1.54, 1.807) is 22.3 Å². The second-order valence-electron chi connectivity index (χ2n) is 6.32. The fourth-order valence-electron chi connectivity index (χ4n) is 3.25. The van der Waals surface area contributed by atoms with E-state index in [9.17, 15) is 9.90 Å². The first-order valence-electron chi connectivity index (χ1n) is 8.36. The Morgan fingerprint density at radius 3 is 3.00 bits per heavy atom. The summed E-state index contributed by atoms with van der Waals surface area (Å²) in [6.45, 7) is 4.10. The number of thiophene rings is 1. The Bertz CT molecular complexity index is 843. The summed E-state index contributed by atoms with van der Waals surface area (Å²) < 4.78 is 5.74. The molecule has 0 aliphatic carbocycles. The predicted octanol–water partition coefficient (Wildman–Crippen LogP) is 2.68. The molecule has 0 spiro atoms. The van der Waals surface area contributed by atoms with Crippen LogP contribution < -0.4 is 10.1 Å². The van der Waals surface area contributed by atoms with Crippen molar-refractivity contribution < 1.29 is 14.6 Å². The van der Waals surface area contributed by atoms with E-state index in [2.05, 4.69) is 24.4 Å². The smallest absolute Gasteiger partial charge is 0.244 e. The van der Waals surface area contributed by atoms with E-state index in [0.29, 0.717) is 25.4 Å². The monoisotopic (exact) mass is 356 g/mol. The topological polar surface area (TPSA) is 61.8 Å². The molecule has 0 radical (unpaired) electrons. The van der Waals surface area contributed by atoms with Crippen LogP contribution in [-0.4, -0.2) is 41.7 Å². The van der Waals surface area contributed by atoms with Gasteiger partial charge in [-0.25, -0.2) is 0 Å². The molecule has 3 heterocycles. The Hall–Kier alpha value is -2.31. The zero-order valence-electron chi connectivity index (χ0n) is 14.0. The van der Waals surface area contributed by atoms with Gasteiger partial charge in [-0.05, 0) is 36.8 Å². The molecule has 2 aromatic rings. The second-order valence-corrected chi connectivity index (χ2v) is 7.60. The molecule has 1 amide bonds. The number of carbonyl (C=O) groups excluding carboxylic acids is 1. The molecular weight excluding hydrogens is 336 g/mol. The molecule has 0 unspecified atom stereocenters. The largest absolute Gasteiger partial charge is 0.504 e. The summed E-state index contributed by atoms with van der Waals surface area (Å²) in [7, 11) is 0. The molecule has 6 heteroatoms. The maximum Gasteiger partial charge on any atom is 0.244 e. The number of phenols is 1. The van der Waals surface area contributed by atoms with E-state index in [1.807, 2.05) is 18.2 Å². The van der Waals surface area contributed by atoms with Gasteiger partial charge in [-0.15, -0.1) is 11.3 Å². The molecule has 2 aliphatic heterocycles. The van der Waals surface area contributed by atoms with Crippen molar-refractivity contribution in [1.29, 1.82) is 0 Å². The Morgan fingerprint density at radius 1 is 1.40 bits per heavy atom. The van der Waals surface area contributed by atoms with Crippen LogP contribution in [0, 0.1) is 6.92 Å². The van der Waals surface area contributed by atoms with Crippen LogP contribution in [0.5, 0.6) is 11.5 Å². The number of hydrogen-bond acceptors (Lipinski definition) is 5. The number of aryl methyl sites for hydroxylation is 1. The zero-order chi connectivity index (χ0) is 17.4. The summed E-state index contributed by atoms with van der Waals surface area (Å²) in [5, 5.41) is 13.6. The molecule has 1 aromatic carbocycles. The minimum atomic E-state index is -0.265. The van der Waals surface area contributed by atoms with E-state index in [1.165, 1.54) is 4.88 Å². The standard InChI is InChI=1S/C19H20N2O3S/c1-12-4-5-17(25-12)13-9-14-11-21(19(23)15-3-2-6-20-15)7-8-24-18(14)16(22)10-13/h2-5,9-10,15,20,22H,6-8,11H2,1H3/t15-/m1/s1. The van der Waals surface area contributed by atoms with Crippen LogP contribution in [-0.2, 0) is 11.3 Å². The van der Waals surface area contributed by atoms with E-state index in [-0.39, 0.29) is 17.7 Å². The number of phenolic OH excluding ortho intramolecular Hbond substituents is 1. The minimum Gasteiger partial charge on any atom is -0.504 e. The van der Waals surface area contributed by atoms with Gasteiger partial charge in [-0.2, -0.15) is 0 Å². The second kappa shape index (κ2) is 6.54. The van der Waals surface area contributed by atoms with Crippen molar-refractivity contribution in [2.24, 2.45) is 0 Å². The molecule has 0 saturated carbocycles. The molecule has 0 fully saturated rings.